The number of rotatable bonds is 6. The zero-order chi connectivity index (χ0) is 19.1. The van der Waals surface area contributed by atoms with E-state index in [-0.39, 0.29) is 10.6 Å². The molecule has 0 aliphatic rings. The normalized spacial score (nSPS) is 11.3. The van der Waals surface area contributed by atoms with E-state index in [1.54, 1.807) is 42.5 Å². The van der Waals surface area contributed by atoms with Gasteiger partial charge in [0.15, 0.2) is 6.61 Å². The van der Waals surface area contributed by atoms with Crippen molar-refractivity contribution in [3.8, 4) is 0 Å². The van der Waals surface area contributed by atoms with Crippen LogP contribution >= 0.6 is 23.2 Å². The number of carbonyl (C=O) groups is 3. The molecule has 1 atom stereocenters. The molecule has 8 heteroatoms. The molecule has 0 bridgehead atoms. The van der Waals surface area contributed by atoms with Crippen LogP contribution < -0.4 is 10.6 Å². The molecule has 6 nitrogen and oxygen atoms in total. The van der Waals surface area contributed by atoms with E-state index in [0.717, 1.165) is 0 Å². The highest BCUT2D eigenvalue weighted by molar-refractivity contribution is 6.33. The molecule has 2 aromatic rings. The first-order valence-corrected chi connectivity index (χ1v) is 8.40. The van der Waals surface area contributed by atoms with Gasteiger partial charge >= 0.3 is 5.97 Å². The van der Waals surface area contributed by atoms with Gasteiger partial charge in [0.1, 0.15) is 6.04 Å². The van der Waals surface area contributed by atoms with Gasteiger partial charge in [0.05, 0.1) is 10.6 Å². The minimum atomic E-state index is -0.947. The lowest BCUT2D eigenvalue weighted by atomic mass is 10.2. The van der Waals surface area contributed by atoms with Crippen LogP contribution in [-0.4, -0.2) is 30.4 Å². The molecule has 0 aliphatic carbocycles. The van der Waals surface area contributed by atoms with Gasteiger partial charge in [-0.05, 0) is 37.3 Å². The van der Waals surface area contributed by atoms with Crippen LogP contribution in [0.3, 0.4) is 0 Å². The van der Waals surface area contributed by atoms with Crippen molar-refractivity contribution < 1.29 is 19.1 Å². The number of hydrogen-bond donors (Lipinski definition) is 2. The minimum Gasteiger partial charge on any atom is -0.454 e. The highest BCUT2D eigenvalue weighted by Gasteiger charge is 2.20. The topological polar surface area (TPSA) is 84.5 Å². The number of nitrogens with one attached hydrogen (secondary N) is 2. The first-order valence-electron chi connectivity index (χ1n) is 7.64. The van der Waals surface area contributed by atoms with Gasteiger partial charge in [-0.15, -0.1) is 0 Å². The van der Waals surface area contributed by atoms with Gasteiger partial charge in [-0.3, -0.25) is 9.59 Å². The van der Waals surface area contributed by atoms with Crippen molar-refractivity contribution in [3.63, 3.8) is 0 Å². The summed E-state index contributed by atoms with van der Waals surface area (Å²) >= 11 is 11.8. The molecule has 2 aromatic carbocycles. The Kier molecular flexibility index (Phi) is 7.00. The third-order valence-corrected chi connectivity index (χ3v) is 3.84. The summed E-state index contributed by atoms with van der Waals surface area (Å²) < 4.78 is 4.90. The molecule has 0 aliphatic heterocycles. The van der Waals surface area contributed by atoms with Crippen molar-refractivity contribution in [2.75, 3.05) is 11.9 Å². The van der Waals surface area contributed by atoms with Crippen molar-refractivity contribution >= 4 is 46.7 Å². The second-order valence-corrected chi connectivity index (χ2v) is 6.18. The summed E-state index contributed by atoms with van der Waals surface area (Å²) in [5.41, 5.74) is 0.728. The van der Waals surface area contributed by atoms with Crippen LogP contribution in [0.2, 0.25) is 10.0 Å². The lowest BCUT2D eigenvalue weighted by Gasteiger charge is -2.14. The summed E-state index contributed by atoms with van der Waals surface area (Å²) in [5, 5.41) is 5.75. The van der Waals surface area contributed by atoms with Crippen molar-refractivity contribution in [1.29, 1.82) is 0 Å². The summed E-state index contributed by atoms with van der Waals surface area (Å²) in [6.07, 6.45) is 0. The zero-order valence-electron chi connectivity index (χ0n) is 13.8. The smallest absolute Gasteiger partial charge is 0.328 e. The molecule has 0 saturated carbocycles. The summed E-state index contributed by atoms with van der Waals surface area (Å²) in [4.78, 5) is 35.8. The van der Waals surface area contributed by atoms with Crippen molar-refractivity contribution in [1.82, 2.24) is 5.32 Å². The molecule has 0 spiro atoms. The summed E-state index contributed by atoms with van der Waals surface area (Å²) in [6.45, 7) is 0.962. The third kappa shape index (κ3) is 5.75. The molecular weight excluding hydrogens is 379 g/mol. The van der Waals surface area contributed by atoms with E-state index in [1.165, 1.54) is 13.0 Å². The van der Waals surface area contributed by atoms with E-state index >= 15 is 0 Å². The van der Waals surface area contributed by atoms with Gasteiger partial charge in [-0.25, -0.2) is 4.79 Å². The van der Waals surface area contributed by atoms with Gasteiger partial charge in [0.2, 0.25) is 0 Å². The number of hydrogen-bond acceptors (Lipinski definition) is 4. The Labute approximate surface area is 160 Å². The molecule has 2 rings (SSSR count). The standard InChI is InChI=1S/C18H16Cl2N2O4/c1-11(21-17(24)14-7-2-3-8-15(14)20)18(25)26-10-16(23)22-13-6-4-5-12(19)9-13/h2-9,11H,10H2,1H3,(H,21,24)(H,22,23)/t11-/m0/s1. The van der Waals surface area contributed by atoms with Gasteiger partial charge in [-0.2, -0.15) is 0 Å². The SMILES string of the molecule is C[C@H](NC(=O)c1ccccc1Cl)C(=O)OCC(=O)Nc1cccc(Cl)c1. The number of benzene rings is 2. The molecule has 0 unspecified atom stereocenters. The Morgan fingerprint density at radius 2 is 1.81 bits per heavy atom. The van der Waals surface area contributed by atoms with Crippen LogP contribution in [-0.2, 0) is 14.3 Å². The Hall–Kier alpha value is -2.57. The van der Waals surface area contributed by atoms with Crippen molar-refractivity contribution in [2.45, 2.75) is 13.0 Å². The molecule has 136 valence electrons. The highest BCUT2D eigenvalue weighted by Crippen LogP contribution is 2.15. The van der Waals surface area contributed by atoms with E-state index in [0.29, 0.717) is 10.7 Å². The molecule has 0 aromatic heterocycles. The Morgan fingerprint density at radius 3 is 2.50 bits per heavy atom. The molecular formula is C18H16Cl2N2O4. The fourth-order valence-corrected chi connectivity index (χ4v) is 2.42. The lowest BCUT2D eigenvalue weighted by Crippen LogP contribution is -2.40. The second-order valence-electron chi connectivity index (χ2n) is 5.34. The highest BCUT2D eigenvalue weighted by atomic mass is 35.5. The van der Waals surface area contributed by atoms with E-state index < -0.39 is 30.4 Å². The summed E-state index contributed by atoms with van der Waals surface area (Å²) in [6, 6.07) is 12.1. The molecule has 0 saturated heterocycles. The third-order valence-electron chi connectivity index (χ3n) is 3.27. The summed E-state index contributed by atoms with van der Waals surface area (Å²) in [5.74, 6) is -1.78. The minimum absolute atomic E-state index is 0.243. The van der Waals surface area contributed by atoms with E-state index in [4.69, 9.17) is 27.9 Å². The van der Waals surface area contributed by atoms with Gasteiger partial charge in [-0.1, -0.05) is 41.4 Å². The maximum Gasteiger partial charge on any atom is 0.328 e. The van der Waals surface area contributed by atoms with Crippen LogP contribution in [0.25, 0.3) is 0 Å². The van der Waals surface area contributed by atoms with Gasteiger partial charge in [0.25, 0.3) is 11.8 Å². The fraction of sp³-hybridized carbons (Fsp3) is 0.167. The number of halogens is 2. The molecule has 0 radical (unpaired) electrons. The number of esters is 1. The van der Waals surface area contributed by atoms with Crippen molar-refractivity contribution in [2.24, 2.45) is 0 Å². The van der Waals surface area contributed by atoms with Crippen LogP contribution in [0, 0.1) is 0 Å². The molecule has 26 heavy (non-hydrogen) atoms. The van der Waals surface area contributed by atoms with Crippen LogP contribution in [0.15, 0.2) is 48.5 Å². The van der Waals surface area contributed by atoms with Crippen LogP contribution in [0.1, 0.15) is 17.3 Å². The molecule has 2 amide bonds. The Bertz CT molecular complexity index is 826. The van der Waals surface area contributed by atoms with Crippen LogP contribution in [0.4, 0.5) is 5.69 Å². The van der Waals surface area contributed by atoms with Gasteiger partial charge < -0.3 is 15.4 Å². The Morgan fingerprint density at radius 1 is 1.08 bits per heavy atom. The maximum absolute atomic E-state index is 12.1. The maximum atomic E-state index is 12.1. The average molecular weight is 395 g/mol. The number of amides is 2. The van der Waals surface area contributed by atoms with Gasteiger partial charge in [0, 0.05) is 10.7 Å². The molecule has 0 fully saturated rings. The monoisotopic (exact) mass is 394 g/mol. The average Bonchev–Trinajstić information content (AvgIpc) is 2.59. The second kappa shape index (κ2) is 9.22. The largest absolute Gasteiger partial charge is 0.454 e. The first-order chi connectivity index (χ1) is 12.4. The number of carbonyl (C=O) groups excluding carboxylic acids is 3. The molecule has 2 N–H and O–H groups in total. The molecule has 0 heterocycles. The quantitative estimate of drug-likeness (QED) is 0.736. The predicted octanol–water partition coefficient (Wildman–Crippen LogP) is 3.29. The van der Waals surface area contributed by atoms with E-state index in [1.807, 2.05) is 0 Å². The zero-order valence-corrected chi connectivity index (χ0v) is 15.3. The Balaban J connectivity index is 1.82. The number of anilines is 1. The fourth-order valence-electron chi connectivity index (χ4n) is 2.00. The number of ether oxygens (including phenoxy) is 1. The lowest BCUT2D eigenvalue weighted by molar-refractivity contribution is -0.148. The van der Waals surface area contributed by atoms with Crippen LogP contribution in [0.5, 0.6) is 0 Å². The van der Waals surface area contributed by atoms with Crippen molar-refractivity contribution in [3.05, 3.63) is 64.1 Å². The van der Waals surface area contributed by atoms with E-state index in [2.05, 4.69) is 10.6 Å². The predicted molar refractivity (Wildman–Crippen MR) is 99.4 cm³/mol. The summed E-state index contributed by atoms with van der Waals surface area (Å²) in [7, 11) is 0. The first kappa shape index (κ1) is 19.8. The van der Waals surface area contributed by atoms with E-state index in [9.17, 15) is 14.4 Å².